The summed E-state index contributed by atoms with van der Waals surface area (Å²) in [6, 6.07) is 9.49. The molecule has 0 radical (unpaired) electrons. The molecule has 2 aromatic carbocycles. The van der Waals surface area contributed by atoms with Gasteiger partial charge < -0.3 is 15.0 Å². The number of carbonyl (C=O) groups is 1. The normalized spacial score (nSPS) is 14.8. The van der Waals surface area contributed by atoms with Crippen LogP contribution in [0.5, 0.6) is 5.75 Å². The summed E-state index contributed by atoms with van der Waals surface area (Å²) >= 11 is 6.44. The van der Waals surface area contributed by atoms with Crippen molar-refractivity contribution in [2.24, 2.45) is 4.99 Å². The van der Waals surface area contributed by atoms with Gasteiger partial charge in [0.15, 0.2) is 6.29 Å². The molecule has 1 fully saturated rings. The van der Waals surface area contributed by atoms with Crippen LogP contribution in [-0.4, -0.2) is 61.0 Å². The summed E-state index contributed by atoms with van der Waals surface area (Å²) in [5.41, 5.74) is 3.01. The number of aldehydes is 1. The predicted octanol–water partition coefficient (Wildman–Crippen LogP) is 6.48. The molecule has 39 heavy (non-hydrogen) atoms. The van der Waals surface area contributed by atoms with Crippen LogP contribution in [0.4, 0.5) is 13.2 Å². The quantitative estimate of drug-likeness (QED) is 0.203. The molecule has 2 aromatic rings. The van der Waals surface area contributed by atoms with Crippen LogP contribution in [-0.2, 0) is 19.6 Å². The first-order valence-electron chi connectivity index (χ1n) is 13.2. The molecule has 0 aliphatic carbocycles. The SMILES string of the molecule is C/C=C\C(=NCC)N1CCN(Cc2cc(Cl)c(C=O)c(CNCc3ccc(OC(F)(F)F)cc3)c2)CC1.CC. The van der Waals surface area contributed by atoms with Crippen LogP contribution in [0.2, 0.25) is 5.02 Å². The molecule has 10 heteroatoms. The molecule has 3 rings (SSSR count). The third-order valence-electron chi connectivity index (χ3n) is 5.93. The fourth-order valence-corrected chi connectivity index (χ4v) is 4.53. The lowest BCUT2D eigenvalue weighted by atomic mass is 10.0. The number of benzene rings is 2. The number of nitrogens with zero attached hydrogens (tertiary/aromatic N) is 3. The number of piperazine rings is 1. The van der Waals surface area contributed by atoms with Crippen LogP contribution < -0.4 is 10.1 Å². The summed E-state index contributed by atoms with van der Waals surface area (Å²) in [7, 11) is 0. The predicted molar refractivity (Wildman–Crippen MR) is 151 cm³/mol. The van der Waals surface area contributed by atoms with Crippen molar-refractivity contribution in [1.29, 1.82) is 0 Å². The van der Waals surface area contributed by atoms with Crippen LogP contribution in [0.15, 0.2) is 53.5 Å². The van der Waals surface area contributed by atoms with E-state index in [1.54, 1.807) is 12.1 Å². The molecular weight excluding hydrogens is 529 g/mol. The zero-order valence-corrected chi connectivity index (χ0v) is 23.8. The van der Waals surface area contributed by atoms with Crippen LogP contribution in [0, 0.1) is 0 Å². The molecule has 214 valence electrons. The number of aliphatic imine (C=N–C) groups is 1. The summed E-state index contributed by atoms with van der Waals surface area (Å²) in [4.78, 5) is 20.9. The molecule has 0 unspecified atom stereocenters. The third kappa shape index (κ3) is 10.7. The zero-order valence-electron chi connectivity index (χ0n) is 23.0. The van der Waals surface area contributed by atoms with E-state index in [1.165, 1.54) is 12.1 Å². The van der Waals surface area contributed by atoms with Gasteiger partial charge in [0.2, 0.25) is 0 Å². The molecule has 1 saturated heterocycles. The maximum atomic E-state index is 12.3. The Labute approximate surface area is 234 Å². The Bertz CT molecular complexity index is 1100. The van der Waals surface area contributed by atoms with Crippen molar-refractivity contribution in [2.45, 2.75) is 53.7 Å². The molecule has 6 nitrogen and oxygen atoms in total. The second-order valence-electron chi connectivity index (χ2n) is 8.66. The van der Waals surface area contributed by atoms with Gasteiger partial charge in [-0.1, -0.05) is 49.7 Å². The van der Waals surface area contributed by atoms with Gasteiger partial charge >= 0.3 is 6.36 Å². The Morgan fingerprint density at radius 1 is 1.08 bits per heavy atom. The lowest BCUT2D eigenvalue weighted by Crippen LogP contribution is -2.48. The van der Waals surface area contributed by atoms with Crippen LogP contribution in [0.25, 0.3) is 0 Å². The van der Waals surface area contributed by atoms with Crippen molar-refractivity contribution in [3.63, 3.8) is 0 Å². The number of nitrogens with one attached hydrogen (secondary N) is 1. The van der Waals surface area contributed by atoms with E-state index in [2.05, 4.69) is 24.8 Å². The van der Waals surface area contributed by atoms with Gasteiger partial charge in [-0.05, 0) is 54.8 Å². The highest BCUT2D eigenvalue weighted by atomic mass is 35.5. The molecular formula is C29H38ClF3N4O2. The van der Waals surface area contributed by atoms with Gasteiger partial charge in [-0.3, -0.25) is 14.7 Å². The zero-order chi connectivity index (χ0) is 28.8. The number of halogens is 4. The largest absolute Gasteiger partial charge is 0.573 e. The maximum absolute atomic E-state index is 12.3. The van der Waals surface area contributed by atoms with E-state index < -0.39 is 6.36 Å². The second-order valence-corrected chi connectivity index (χ2v) is 9.07. The van der Waals surface area contributed by atoms with Gasteiger partial charge in [0.25, 0.3) is 0 Å². The molecule has 0 spiro atoms. The van der Waals surface area contributed by atoms with E-state index in [-0.39, 0.29) is 5.75 Å². The summed E-state index contributed by atoms with van der Waals surface area (Å²) in [6.45, 7) is 13.8. The maximum Gasteiger partial charge on any atom is 0.573 e. The van der Waals surface area contributed by atoms with Crippen molar-refractivity contribution >= 4 is 23.7 Å². The van der Waals surface area contributed by atoms with Crippen LogP contribution >= 0.6 is 11.6 Å². The summed E-state index contributed by atoms with van der Waals surface area (Å²) in [5.74, 6) is 0.745. The summed E-state index contributed by atoms with van der Waals surface area (Å²) < 4.78 is 40.9. The molecule has 0 saturated carbocycles. The van der Waals surface area contributed by atoms with E-state index in [9.17, 15) is 18.0 Å². The first-order valence-corrected chi connectivity index (χ1v) is 13.6. The summed E-state index contributed by atoms with van der Waals surface area (Å²) in [6.07, 6.45) is 0.0773. The Morgan fingerprint density at radius 2 is 1.74 bits per heavy atom. The Kier molecular flexibility index (Phi) is 13.5. The number of rotatable bonds is 10. The third-order valence-corrected chi connectivity index (χ3v) is 6.25. The summed E-state index contributed by atoms with van der Waals surface area (Å²) in [5, 5.41) is 3.64. The minimum absolute atomic E-state index is 0.268. The molecule has 1 N–H and O–H groups in total. The van der Waals surface area contributed by atoms with E-state index in [0.29, 0.717) is 30.2 Å². The van der Waals surface area contributed by atoms with Gasteiger partial charge in [-0.15, -0.1) is 13.2 Å². The minimum atomic E-state index is -4.72. The van der Waals surface area contributed by atoms with Gasteiger partial charge in [0.1, 0.15) is 11.6 Å². The molecule has 1 aliphatic heterocycles. The Balaban J connectivity index is 0.00000260. The first-order chi connectivity index (χ1) is 18.7. The molecule has 1 aliphatic rings. The lowest BCUT2D eigenvalue weighted by molar-refractivity contribution is -0.274. The van der Waals surface area contributed by atoms with Crippen molar-refractivity contribution in [1.82, 2.24) is 15.1 Å². The first kappa shape index (κ1) is 32.3. The highest BCUT2D eigenvalue weighted by Gasteiger charge is 2.31. The van der Waals surface area contributed by atoms with Crippen molar-refractivity contribution < 1.29 is 22.7 Å². The van der Waals surface area contributed by atoms with Crippen LogP contribution in [0.3, 0.4) is 0 Å². The minimum Gasteiger partial charge on any atom is -0.406 e. The molecule has 0 bridgehead atoms. The number of ether oxygens (including phenoxy) is 1. The monoisotopic (exact) mass is 566 g/mol. The number of amidine groups is 1. The topological polar surface area (TPSA) is 57.2 Å². The van der Waals surface area contributed by atoms with Gasteiger partial charge in [0.05, 0.1) is 5.02 Å². The molecule has 0 aromatic heterocycles. The number of allylic oxidation sites excluding steroid dienone is 1. The van der Waals surface area contributed by atoms with Gasteiger partial charge in [0, 0.05) is 57.9 Å². The fraction of sp³-hybridized carbons (Fsp3) is 0.448. The average molecular weight is 567 g/mol. The van der Waals surface area contributed by atoms with Crippen molar-refractivity contribution in [3.05, 3.63) is 75.8 Å². The van der Waals surface area contributed by atoms with Gasteiger partial charge in [-0.25, -0.2) is 0 Å². The smallest absolute Gasteiger partial charge is 0.406 e. The van der Waals surface area contributed by atoms with Crippen molar-refractivity contribution in [3.8, 4) is 5.75 Å². The lowest BCUT2D eigenvalue weighted by Gasteiger charge is -2.36. The van der Waals surface area contributed by atoms with E-state index in [0.717, 1.165) is 61.5 Å². The van der Waals surface area contributed by atoms with Crippen molar-refractivity contribution in [2.75, 3.05) is 32.7 Å². The number of carbonyl (C=O) groups excluding carboxylic acids is 1. The Hall–Kier alpha value is -2.88. The number of alkyl halides is 3. The van der Waals surface area contributed by atoms with E-state index >= 15 is 0 Å². The van der Waals surface area contributed by atoms with E-state index in [4.69, 9.17) is 11.6 Å². The molecule has 0 amide bonds. The fourth-order valence-electron chi connectivity index (χ4n) is 4.22. The number of hydrogen-bond acceptors (Lipinski definition) is 5. The second kappa shape index (κ2) is 16.3. The average Bonchev–Trinajstić information content (AvgIpc) is 2.90. The van der Waals surface area contributed by atoms with E-state index in [1.807, 2.05) is 52.0 Å². The Morgan fingerprint density at radius 3 is 2.31 bits per heavy atom. The molecule has 1 heterocycles. The number of hydrogen-bond donors (Lipinski definition) is 1. The van der Waals surface area contributed by atoms with Gasteiger partial charge in [-0.2, -0.15) is 0 Å². The highest BCUT2D eigenvalue weighted by Crippen LogP contribution is 2.24. The molecule has 0 atom stereocenters. The highest BCUT2D eigenvalue weighted by molar-refractivity contribution is 6.33. The standard InChI is InChI=1S/C27H32ClF3N4O2.C2H6/c1-3-5-26(33-4-2)35-12-10-34(11-13-35)18-21-14-22(24(19-36)25(28)15-21)17-32-16-20-6-8-23(9-7-20)37-27(29,30)31;1-2/h3,5-9,14-15,19,32H,4,10-13,16-18H2,1-2H3;1-2H3/b5-3-,33-26?;. The van der Waals surface area contributed by atoms with Crippen LogP contribution in [0.1, 0.15) is 54.7 Å².